The van der Waals surface area contributed by atoms with Gasteiger partial charge in [0.1, 0.15) is 0 Å². The van der Waals surface area contributed by atoms with Gasteiger partial charge < -0.3 is 4.90 Å². The number of benzene rings is 1. The van der Waals surface area contributed by atoms with Gasteiger partial charge in [-0.05, 0) is 42.0 Å². The predicted molar refractivity (Wildman–Crippen MR) is 83.0 cm³/mol. The van der Waals surface area contributed by atoms with Crippen LogP contribution in [0.2, 0.25) is 0 Å². The van der Waals surface area contributed by atoms with Crippen LogP contribution in [0.15, 0.2) is 41.8 Å². The molecule has 1 amide bonds. The Kier molecular flexibility index (Phi) is 4.43. The highest BCUT2D eigenvalue weighted by atomic mass is 32.1. The van der Waals surface area contributed by atoms with Crippen LogP contribution in [0.4, 0.5) is 13.2 Å². The van der Waals surface area contributed by atoms with Gasteiger partial charge in [-0.1, -0.05) is 18.2 Å². The molecular formula is C17H16F3NOS. The van der Waals surface area contributed by atoms with Crippen molar-refractivity contribution in [2.75, 3.05) is 0 Å². The first-order chi connectivity index (χ1) is 10.9. The average Bonchev–Trinajstić information content (AvgIpc) is 3.20. The van der Waals surface area contributed by atoms with E-state index in [-0.39, 0.29) is 18.4 Å². The molecular weight excluding hydrogens is 323 g/mol. The van der Waals surface area contributed by atoms with Gasteiger partial charge in [-0.15, -0.1) is 11.3 Å². The first-order valence-corrected chi connectivity index (χ1v) is 8.29. The summed E-state index contributed by atoms with van der Waals surface area (Å²) in [5.74, 6) is -0.0272. The molecule has 1 aromatic heterocycles. The van der Waals surface area contributed by atoms with E-state index in [1.807, 2.05) is 22.4 Å². The van der Waals surface area contributed by atoms with Gasteiger partial charge in [0.15, 0.2) is 0 Å². The van der Waals surface area contributed by atoms with Crippen molar-refractivity contribution in [3.05, 3.63) is 57.8 Å². The SMILES string of the molecule is O=C(Cc1ccc(C(F)(F)F)cc1)N(Cc1cccs1)C1CC1. The van der Waals surface area contributed by atoms with Crippen LogP contribution in [0.5, 0.6) is 0 Å². The Morgan fingerprint density at radius 1 is 1.17 bits per heavy atom. The van der Waals surface area contributed by atoms with Crippen LogP contribution >= 0.6 is 11.3 Å². The molecule has 1 aromatic carbocycles. The molecule has 0 aliphatic heterocycles. The zero-order chi connectivity index (χ0) is 16.4. The molecule has 2 aromatic rings. The molecule has 1 aliphatic rings. The topological polar surface area (TPSA) is 20.3 Å². The summed E-state index contributed by atoms with van der Waals surface area (Å²) in [5, 5.41) is 1.97. The highest BCUT2D eigenvalue weighted by Crippen LogP contribution is 2.31. The number of carbonyl (C=O) groups is 1. The first-order valence-electron chi connectivity index (χ1n) is 7.41. The Balaban J connectivity index is 1.67. The molecule has 0 bridgehead atoms. The van der Waals surface area contributed by atoms with Gasteiger partial charge >= 0.3 is 6.18 Å². The molecule has 1 aliphatic carbocycles. The summed E-state index contributed by atoms with van der Waals surface area (Å²) < 4.78 is 37.7. The lowest BCUT2D eigenvalue weighted by atomic mass is 10.1. The van der Waals surface area contributed by atoms with Gasteiger partial charge in [-0.2, -0.15) is 13.2 Å². The van der Waals surface area contributed by atoms with E-state index in [0.717, 1.165) is 29.9 Å². The average molecular weight is 339 g/mol. The lowest BCUT2D eigenvalue weighted by Crippen LogP contribution is -2.33. The maximum Gasteiger partial charge on any atom is 0.416 e. The third-order valence-corrected chi connectivity index (χ3v) is 4.71. The summed E-state index contributed by atoms with van der Waals surface area (Å²) in [6, 6.07) is 9.05. The Morgan fingerprint density at radius 2 is 1.87 bits per heavy atom. The van der Waals surface area contributed by atoms with Crippen LogP contribution in [0.25, 0.3) is 0 Å². The third-order valence-electron chi connectivity index (χ3n) is 3.85. The van der Waals surface area contributed by atoms with E-state index in [0.29, 0.717) is 12.1 Å². The molecule has 3 rings (SSSR count). The largest absolute Gasteiger partial charge is 0.416 e. The molecule has 0 spiro atoms. The van der Waals surface area contributed by atoms with Crippen molar-refractivity contribution < 1.29 is 18.0 Å². The second kappa shape index (κ2) is 6.35. The van der Waals surface area contributed by atoms with Crippen molar-refractivity contribution in [2.45, 2.75) is 38.0 Å². The zero-order valence-corrected chi connectivity index (χ0v) is 13.2. The number of hydrogen-bond donors (Lipinski definition) is 0. The maximum absolute atomic E-state index is 12.6. The molecule has 2 nitrogen and oxygen atoms in total. The van der Waals surface area contributed by atoms with Gasteiger partial charge in [-0.3, -0.25) is 4.79 Å². The number of hydrogen-bond acceptors (Lipinski definition) is 2. The molecule has 1 fully saturated rings. The standard InChI is InChI=1S/C17H16F3NOS/c18-17(19,20)13-5-3-12(4-6-13)10-16(22)21(14-7-8-14)11-15-2-1-9-23-15/h1-6,9,14H,7-8,10-11H2. The quantitative estimate of drug-likeness (QED) is 0.785. The minimum absolute atomic E-state index is 0.0272. The van der Waals surface area contributed by atoms with Gasteiger partial charge in [-0.25, -0.2) is 0 Å². The monoisotopic (exact) mass is 339 g/mol. The molecule has 122 valence electrons. The van der Waals surface area contributed by atoms with Gasteiger partial charge in [0.25, 0.3) is 0 Å². The van der Waals surface area contributed by atoms with Crippen LogP contribution in [0.1, 0.15) is 28.8 Å². The van der Waals surface area contributed by atoms with E-state index in [1.165, 1.54) is 12.1 Å². The molecule has 0 atom stereocenters. The molecule has 0 N–H and O–H groups in total. The minimum Gasteiger partial charge on any atom is -0.334 e. The van der Waals surface area contributed by atoms with Crippen LogP contribution in [0, 0.1) is 0 Å². The molecule has 1 saturated carbocycles. The van der Waals surface area contributed by atoms with Crippen molar-refractivity contribution in [3.63, 3.8) is 0 Å². The lowest BCUT2D eigenvalue weighted by molar-refractivity contribution is -0.137. The van der Waals surface area contributed by atoms with Gasteiger partial charge in [0.05, 0.1) is 18.5 Å². The number of carbonyl (C=O) groups excluding carboxylic acids is 1. The van der Waals surface area contributed by atoms with Gasteiger partial charge in [0.2, 0.25) is 5.91 Å². The fourth-order valence-corrected chi connectivity index (χ4v) is 3.17. The fraction of sp³-hybridized carbons (Fsp3) is 0.353. The summed E-state index contributed by atoms with van der Waals surface area (Å²) >= 11 is 1.61. The number of halogens is 3. The lowest BCUT2D eigenvalue weighted by Gasteiger charge is -2.22. The van der Waals surface area contributed by atoms with Crippen molar-refractivity contribution in [1.82, 2.24) is 4.90 Å². The maximum atomic E-state index is 12.6. The Bertz CT molecular complexity index is 660. The van der Waals surface area contributed by atoms with E-state index < -0.39 is 11.7 Å². The van der Waals surface area contributed by atoms with E-state index in [4.69, 9.17) is 0 Å². The smallest absolute Gasteiger partial charge is 0.334 e. The first kappa shape index (κ1) is 16.1. The Labute approximate surface area is 136 Å². The summed E-state index contributed by atoms with van der Waals surface area (Å²) in [4.78, 5) is 15.5. The predicted octanol–water partition coefficient (Wildman–Crippen LogP) is 4.50. The van der Waals surface area contributed by atoms with Crippen LogP contribution in [-0.2, 0) is 23.9 Å². The second-order valence-corrected chi connectivity index (χ2v) is 6.74. The van der Waals surface area contributed by atoms with Gasteiger partial charge in [0, 0.05) is 10.9 Å². The van der Waals surface area contributed by atoms with Crippen molar-refractivity contribution in [3.8, 4) is 0 Å². The van der Waals surface area contributed by atoms with Crippen molar-refractivity contribution in [1.29, 1.82) is 0 Å². The molecule has 0 unspecified atom stereocenters. The number of alkyl halides is 3. The molecule has 0 saturated heterocycles. The third kappa shape index (κ3) is 4.13. The van der Waals surface area contributed by atoms with Crippen LogP contribution in [0.3, 0.4) is 0 Å². The number of rotatable bonds is 5. The highest BCUT2D eigenvalue weighted by Gasteiger charge is 2.33. The summed E-state index contributed by atoms with van der Waals surface area (Å²) in [7, 11) is 0. The van der Waals surface area contributed by atoms with E-state index in [2.05, 4.69) is 0 Å². The summed E-state index contributed by atoms with van der Waals surface area (Å²) in [6.07, 6.45) is -2.20. The molecule has 6 heteroatoms. The summed E-state index contributed by atoms with van der Waals surface area (Å²) in [6.45, 7) is 0.585. The number of amides is 1. The van der Waals surface area contributed by atoms with Crippen molar-refractivity contribution >= 4 is 17.2 Å². The molecule has 23 heavy (non-hydrogen) atoms. The molecule has 0 radical (unpaired) electrons. The molecule has 1 heterocycles. The van der Waals surface area contributed by atoms with E-state index in [1.54, 1.807) is 11.3 Å². The zero-order valence-electron chi connectivity index (χ0n) is 12.3. The minimum atomic E-state index is -4.35. The normalized spacial score (nSPS) is 14.7. The van der Waals surface area contributed by atoms with E-state index >= 15 is 0 Å². The Hall–Kier alpha value is -1.82. The number of nitrogens with zero attached hydrogens (tertiary/aromatic N) is 1. The summed E-state index contributed by atoms with van der Waals surface area (Å²) in [5.41, 5.74) is -0.0776. The van der Waals surface area contributed by atoms with Crippen LogP contribution in [-0.4, -0.2) is 16.8 Å². The van der Waals surface area contributed by atoms with Crippen LogP contribution < -0.4 is 0 Å². The fourth-order valence-electron chi connectivity index (χ4n) is 2.47. The van der Waals surface area contributed by atoms with E-state index in [9.17, 15) is 18.0 Å². The highest BCUT2D eigenvalue weighted by molar-refractivity contribution is 7.09. The number of thiophene rings is 1. The van der Waals surface area contributed by atoms with Crippen molar-refractivity contribution in [2.24, 2.45) is 0 Å². The Morgan fingerprint density at radius 3 is 2.39 bits per heavy atom. The second-order valence-electron chi connectivity index (χ2n) is 5.70.